The van der Waals surface area contributed by atoms with Crippen LogP contribution in [0.5, 0.6) is 5.75 Å². The molecule has 0 amide bonds. The Bertz CT molecular complexity index is 399. The van der Waals surface area contributed by atoms with E-state index in [0.717, 1.165) is 0 Å². The van der Waals surface area contributed by atoms with Gasteiger partial charge in [0.25, 0.3) is 0 Å². The number of hydrogen-bond donors (Lipinski definition) is 3. The minimum absolute atomic E-state index is 0.0112. The van der Waals surface area contributed by atoms with Crippen molar-refractivity contribution >= 4 is 5.97 Å². The van der Waals surface area contributed by atoms with Crippen LogP contribution in [0.4, 0.5) is 0 Å². The van der Waals surface area contributed by atoms with Crippen molar-refractivity contribution in [2.75, 3.05) is 19.8 Å². The molecule has 0 spiro atoms. The molecule has 0 saturated carbocycles. The number of carboxylic acid groups (broad SMARTS) is 1. The number of benzene rings is 1. The van der Waals surface area contributed by atoms with Gasteiger partial charge in [-0.2, -0.15) is 0 Å². The van der Waals surface area contributed by atoms with Gasteiger partial charge in [-0.25, -0.2) is 4.79 Å². The number of carbonyl (C=O) groups is 1. The lowest BCUT2D eigenvalue weighted by atomic mass is 9.99. The summed E-state index contributed by atoms with van der Waals surface area (Å²) in [6, 6.07) is 4.22. The minimum Gasteiger partial charge on any atom is -0.508 e. The number of aromatic hydroxyl groups is 1. The van der Waals surface area contributed by atoms with Gasteiger partial charge in [-0.3, -0.25) is 0 Å². The summed E-state index contributed by atoms with van der Waals surface area (Å²) >= 11 is 0. The van der Waals surface area contributed by atoms with E-state index in [1.165, 1.54) is 18.2 Å². The van der Waals surface area contributed by atoms with Gasteiger partial charge >= 0.3 is 5.97 Å². The van der Waals surface area contributed by atoms with Gasteiger partial charge < -0.3 is 20.3 Å². The van der Waals surface area contributed by atoms with Crippen LogP contribution in [0, 0.1) is 0 Å². The van der Waals surface area contributed by atoms with E-state index in [4.69, 9.17) is 9.84 Å². The van der Waals surface area contributed by atoms with Gasteiger partial charge in [0, 0.05) is 12.1 Å². The predicted octanol–water partition coefficient (Wildman–Crippen LogP) is 0.751. The van der Waals surface area contributed by atoms with Gasteiger partial charge in [0.1, 0.15) is 5.75 Å². The maximum absolute atomic E-state index is 11.0. The quantitative estimate of drug-likeness (QED) is 0.689. The average molecular weight is 223 g/mol. The molecule has 1 fully saturated rings. The van der Waals surface area contributed by atoms with Crippen LogP contribution in [0.1, 0.15) is 22.0 Å². The Morgan fingerprint density at radius 2 is 2.31 bits per heavy atom. The highest BCUT2D eigenvalue weighted by atomic mass is 16.5. The van der Waals surface area contributed by atoms with Crippen LogP contribution in [0.15, 0.2) is 18.2 Å². The lowest BCUT2D eigenvalue weighted by Crippen LogP contribution is -2.35. The second-order valence-corrected chi connectivity index (χ2v) is 3.63. The molecule has 1 aromatic carbocycles. The zero-order valence-corrected chi connectivity index (χ0v) is 8.64. The molecule has 5 nitrogen and oxygen atoms in total. The van der Waals surface area contributed by atoms with E-state index in [9.17, 15) is 9.90 Å². The largest absolute Gasteiger partial charge is 0.508 e. The molecule has 5 heteroatoms. The SMILES string of the molecule is O=C(O)c1cccc(O)c1C1COCCN1. The van der Waals surface area contributed by atoms with E-state index < -0.39 is 5.97 Å². The van der Waals surface area contributed by atoms with Gasteiger partial charge in [0.2, 0.25) is 0 Å². The molecule has 0 aromatic heterocycles. The highest BCUT2D eigenvalue weighted by Crippen LogP contribution is 2.29. The number of ether oxygens (including phenoxy) is 1. The molecule has 2 rings (SSSR count). The van der Waals surface area contributed by atoms with E-state index in [1.54, 1.807) is 0 Å². The first-order valence-corrected chi connectivity index (χ1v) is 5.06. The van der Waals surface area contributed by atoms with E-state index >= 15 is 0 Å². The number of morpholine rings is 1. The van der Waals surface area contributed by atoms with Gasteiger partial charge in [-0.05, 0) is 12.1 Å². The van der Waals surface area contributed by atoms with Crippen LogP contribution < -0.4 is 5.32 Å². The molecule has 1 heterocycles. The molecular formula is C11H13NO4. The number of hydrogen-bond acceptors (Lipinski definition) is 4. The van der Waals surface area contributed by atoms with E-state index in [0.29, 0.717) is 25.3 Å². The molecule has 1 unspecified atom stereocenters. The second kappa shape index (κ2) is 4.51. The summed E-state index contributed by atoms with van der Waals surface area (Å²) < 4.78 is 5.26. The number of phenols is 1. The minimum atomic E-state index is -1.04. The standard InChI is InChI=1S/C11H13NO4/c13-9-3-1-2-7(11(14)15)10(9)8-6-16-5-4-12-8/h1-3,8,12-13H,4-6H2,(H,14,15). The number of phenolic OH excluding ortho intramolecular Hbond substituents is 1. The molecule has 0 bridgehead atoms. The summed E-state index contributed by atoms with van der Waals surface area (Å²) in [5.74, 6) is -1.05. The van der Waals surface area contributed by atoms with Crippen molar-refractivity contribution in [3.8, 4) is 5.75 Å². The van der Waals surface area contributed by atoms with Crippen molar-refractivity contribution in [2.45, 2.75) is 6.04 Å². The third-order valence-corrected chi connectivity index (χ3v) is 2.58. The van der Waals surface area contributed by atoms with Crippen LogP contribution in [-0.2, 0) is 4.74 Å². The molecule has 1 saturated heterocycles. The molecule has 0 aliphatic carbocycles. The monoisotopic (exact) mass is 223 g/mol. The van der Waals surface area contributed by atoms with Gasteiger partial charge in [-0.1, -0.05) is 6.07 Å². The summed E-state index contributed by atoms with van der Waals surface area (Å²) in [6.45, 7) is 1.63. The predicted molar refractivity (Wildman–Crippen MR) is 56.6 cm³/mol. The topological polar surface area (TPSA) is 78.8 Å². The highest BCUT2D eigenvalue weighted by Gasteiger charge is 2.24. The van der Waals surface area contributed by atoms with Crippen molar-refractivity contribution in [1.29, 1.82) is 0 Å². The fraction of sp³-hybridized carbons (Fsp3) is 0.364. The summed E-state index contributed by atoms with van der Waals surface area (Å²) in [7, 11) is 0. The number of rotatable bonds is 2. The summed E-state index contributed by atoms with van der Waals surface area (Å²) in [6.07, 6.45) is 0. The molecule has 3 N–H and O–H groups in total. The van der Waals surface area contributed by atoms with Gasteiger partial charge in [0.15, 0.2) is 0 Å². The first kappa shape index (κ1) is 10.9. The van der Waals surface area contributed by atoms with Crippen molar-refractivity contribution in [1.82, 2.24) is 5.32 Å². The third kappa shape index (κ3) is 2.00. The Morgan fingerprint density at radius 1 is 1.50 bits per heavy atom. The molecule has 1 aromatic rings. The number of aromatic carboxylic acids is 1. The van der Waals surface area contributed by atoms with Crippen LogP contribution in [0.2, 0.25) is 0 Å². The lowest BCUT2D eigenvalue weighted by Gasteiger charge is -2.25. The van der Waals surface area contributed by atoms with Crippen LogP contribution >= 0.6 is 0 Å². The molecule has 1 atom stereocenters. The Balaban J connectivity index is 2.40. The first-order valence-electron chi connectivity index (χ1n) is 5.06. The Morgan fingerprint density at radius 3 is 2.94 bits per heavy atom. The zero-order chi connectivity index (χ0) is 11.5. The van der Waals surface area contributed by atoms with E-state index in [-0.39, 0.29) is 17.4 Å². The molecule has 86 valence electrons. The molecule has 1 aliphatic rings. The summed E-state index contributed by atoms with van der Waals surface area (Å²) in [5.41, 5.74) is 0.512. The molecular weight excluding hydrogens is 210 g/mol. The van der Waals surface area contributed by atoms with Crippen molar-refractivity contribution < 1.29 is 19.7 Å². The average Bonchev–Trinajstić information content (AvgIpc) is 2.29. The molecule has 0 radical (unpaired) electrons. The number of carboxylic acids is 1. The second-order valence-electron chi connectivity index (χ2n) is 3.63. The van der Waals surface area contributed by atoms with E-state index in [1.807, 2.05) is 0 Å². The van der Waals surface area contributed by atoms with Crippen LogP contribution in [-0.4, -0.2) is 35.9 Å². The summed E-state index contributed by atoms with van der Waals surface area (Å²) in [5, 5.41) is 21.9. The maximum atomic E-state index is 11.0. The van der Waals surface area contributed by atoms with Crippen molar-refractivity contribution in [3.05, 3.63) is 29.3 Å². The maximum Gasteiger partial charge on any atom is 0.336 e. The van der Waals surface area contributed by atoms with E-state index in [2.05, 4.69) is 5.32 Å². The van der Waals surface area contributed by atoms with Crippen molar-refractivity contribution in [2.24, 2.45) is 0 Å². The molecule has 16 heavy (non-hydrogen) atoms. The van der Waals surface area contributed by atoms with Crippen LogP contribution in [0.25, 0.3) is 0 Å². The Hall–Kier alpha value is -1.59. The summed E-state index contributed by atoms with van der Waals surface area (Å²) in [4.78, 5) is 11.0. The van der Waals surface area contributed by atoms with Gasteiger partial charge in [0.05, 0.1) is 24.8 Å². The van der Waals surface area contributed by atoms with Crippen molar-refractivity contribution in [3.63, 3.8) is 0 Å². The lowest BCUT2D eigenvalue weighted by molar-refractivity contribution is 0.0669. The highest BCUT2D eigenvalue weighted by molar-refractivity contribution is 5.90. The Kier molecular flexibility index (Phi) is 3.07. The third-order valence-electron chi connectivity index (χ3n) is 2.58. The fourth-order valence-corrected chi connectivity index (χ4v) is 1.86. The first-order chi connectivity index (χ1) is 7.70. The van der Waals surface area contributed by atoms with Crippen LogP contribution in [0.3, 0.4) is 0 Å². The Labute approximate surface area is 92.7 Å². The van der Waals surface area contributed by atoms with Gasteiger partial charge in [-0.15, -0.1) is 0 Å². The zero-order valence-electron chi connectivity index (χ0n) is 8.64. The smallest absolute Gasteiger partial charge is 0.336 e. The fourth-order valence-electron chi connectivity index (χ4n) is 1.86. The normalized spacial score (nSPS) is 20.6. The molecule has 1 aliphatic heterocycles. The number of nitrogens with one attached hydrogen (secondary N) is 1.